The molecule has 2 fully saturated rings. The highest BCUT2D eigenvalue weighted by Gasteiger charge is 2.53. The van der Waals surface area contributed by atoms with Crippen molar-refractivity contribution >= 4 is 0 Å². The molecule has 0 saturated heterocycles. The quantitative estimate of drug-likeness (QED) is 0.884. The van der Waals surface area contributed by atoms with Gasteiger partial charge in [-0.05, 0) is 36.7 Å². The number of rotatable bonds is 4. The summed E-state index contributed by atoms with van der Waals surface area (Å²) < 4.78 is 5.70. The van der Waals surface area contributed by atoms with Gasteiger partial charge in [0.05, 0.1) is 11.7 Å². The first-order valence-corrected chi connectivity index (χ1v) is 7.05. The maximum absolute atomic E-state index is 10.6. The van der Waals surface area contributed by atoms with Gasteiger partial charge in [-0.1, -0.05) is 43.2 Å². The molecular formula is C16H22O2. The molecule has 1 aromatic rings. The second kappa shape index (κ2) is 4.67. The van der Waals surface area contributed by atoms with Gasteiger partial charge in [0.25, 0.3) is 0 Å². The number of ether oxygens (including phenoxy) is 1. The predicted octanol–water partition coefficient (Wildman–Crippen LogP) is 3.11. The van der Waals surface area contributed by atoms with E-state index >= 15 is 0 Å². The first-order chi connectivity index (χ1) is 8.77. The molecule has 18 heavy (non-hydrogen) atoms. The fraction of sp³-hybridized carbons (Fsp3) is 0.625. The third-order valence-corrected chi connectivity index (χ3v) is 4.87. The Balaban J connectivity index is 1.70. The van der Waals surface area contributed by atoms with Gasteiger partial charge in [0.2, 0.25) is 0 Å². The van der Waals surface area contributed by atoms with Crippen molar-refractivity contribution in [2.24, 2.45) is 5.92 Å². The van der Waals surface area contributed by atoms with Crippen LogP contribution in [0.2, 0.25) is 0 Å². The minimum atomic E-state index is -0.296. The third kappa shape index (κ3) is 1.98. The van der Waals surface area contributed by atoms with Gasteiger partial charge in [-0.3, -0.25) is 0 Å². The van der Waals surface area contributed by atoms with Crippen LogP contribution in [0.25, 0.3) is 0 Å². The van der Waals surface area contributed by atoms with Crippen molar-refractivity contribution in [1.82, 2.24) is 0 Å². The molecule has 98 valence electrons. The van der Waals surface area contributed by atoms with E-state index in [9.17, 15) is 5.11 Å². The average molecular weight is 246 g/mol. The van der Waals surface area contributed by atoms with Crippen LogP contribution >= 0.6 is 0 Å². The Morgan fingerprint density at radius 2 is 1.89 bits per heavy atom. The molecule has 2 saturated carbocycles. The number of hydrogen-bond donors (Lipinski definition) is 1. The summed E-state index contributed by atoms with van der Waals surface area (Å²) in [5, 5.41) is 10.6. The molecule has 0 bridgehead atoms. The highest BCUT2D eigenvalue weighted by molar-refractivity contribution is 5.27. The summed E-state index contributed by atoms with van der Waals surface area (Å²) >= 11 is 0. The van der Waals surface area contributed by atoms with Crippen molar-refractivity contribution in [3.05, 3.63) is 35.9 Å². The molecule has 1 aromatic carbocycles. The van der Waals surface area contributed by atoms with Gasteiger partial charge in [0.1, 0.15) is 0 Å². The number of aliphatic hydroxyl groups excluding tert-OH is 1. The van der Waals surface area contributed by atoms with Crippen LogP contribution in [0.15, 0.2) is 30.3 Å². The fourth-order valence-corrected chi connectivity index (χ4v) is 3.63. The van der Waals surface area contributed by atoms with Crippen molar-refractivity contribution in [1.29, 1.82) is 0 Å². The van der Waals surface area contributed by atoms with E-state index in [1.807, 2.05) is 6.07 Å². The van der Waals surface area contributed by atoms with E-state index in [1.165, 1.54) is 18.4 Å². The Hall–Kier alpha value is -0.860. The van der Waals surface area contributed by atoms with Crippen LogP contribution in [0.3, 0.4) is 0 Å². The van der Waals surface area contributed by atoms with Crippen molar-refractivity contribution in [2.45, 2.75) is 49.7 Å². The maximum atomic E-state index is 10.6. The van der Waals surface area contributed by atoms with E-state index in [1.54, 1.807) is 7.11 Å². The lowest BCUT2D eigenvalue weighted by Crippen LogP contribution is -2.43. The molecule has 0 radical (unpaired) electrons. The van der Waals surface area contributed by atoms with Gasteiger partial charge in [0, 0.05) is 7.11 Å². The average Bonchev–Trinajstić information content (AvgIpc) is 3.08. The molecular weight excluding hydrogens is 224 g/mol. The monoisotopic (exact) mass is 246 g/mol. The van der Waals surface area contributed by atoms with Crippen molar-refractivity contribution < 1.29 is 9.84 Å². The maximum Gasteiger partial charge on any atom is 0.0939 e. The lowest BCUT2D eigenvalue weighted by Gasteiger charge is -2.33. The van der Waals surface area contributed by atoms with E-state index in [0.29, 0.717) is 11.8 Å². The smallest absolute Gasteiger partial charge is 0.0939 e. The molecule has 2 aliphatic rings. The summed E-state index contributed by atoms with van der Waals surface area (Å²) in [7, 11) is 1.76. The SMILES string of the molecule is COC1(C(O)C2CC2c2ccccc2)CCCC1. The van der Waals surface area contributed by atoms with E-state index in [2.05, 4.69) is 24.3 Å². The second-order valence-electron chi connectivity index (χ2n) is 5.84. The third-order valence-electron chi connectivity index (χ3n) is 4.87. The van der Waals surface area contributed by atoms with E-state index in [-0.39, 0.29) is 11.7 Å². The number of aliphatic hydroxyl groups is 1. The van der Waals surface area contributed by atoms with Gasteiger partial charge in [0.15, 0.2) is 0 Å². The molecule has 3 rings (SSSR count). The highest BCUT2D eigenvalue weighted by Crippen LogP contribution is 2.54. The first-order valence-electron chi connectivity index (χ1n) is 7.05. The van der Waals surface area contributed by atoms with Crippen LogP contribution in [0.1, 0.15) is 43.6 Å². The molecule has 0 spiro atoms. The summed E-state index contributed by atoms with van der Waals surface area (Å²) in [6.45, 7) is 0. The minimum absolute atomic E-state index is 0.256. The Bertz CT molecular complexity index is 395. The normalized spacial score (nSPS) is 31.2. The molecule has 0 aliphatic heterocycles. The Labute approximate surface area is 109 Å². The van der Waals surface area contributed by atoms with Crippen LogP contribution in [0, 0.1) is 5.92 Å². The second-order valence-corrected chi connectivity index (χ2v) is 5.84. The summed E-state index contributed by atoms with van der Waals surface area (Å²) in [5.74, 6) is 0.930. The molecule has 2 heteroatoms. The van der Waals surface area contributed by atoms with Crippen molar-refractivity contribution in [3.8, 4) is 0 Å². The van der Waals surface area contributed by atoms with Crippen LogP contribution in [0.5, 0.6) is 0 Å². The Morgan fingerprint density at radius 3 is 2.50 bits per heavy atom. The standard InChI is InChI=1S/C16H22O2/c1-18-16(9-5-6-10-16)15(17)14-11-13(14)12-7-3-2-4-8-12/h2-4,7-8,13-15,17H,5-6,9-11H2,1H3. The van der Waals surface area contributed by atoms with Crippen molar-refractivity contribution in [2.75, 3.05) is 7.11 Å². The molecule has 3 atom stereocenters. The molecule has 0 aromatic heterocycles. The van der Waals surface area contributed by atoms with Crippen LogP contribution in [0.4, 0.5) is 0 Å². The Kier molecular flexibility index (Phi) is 3.16. The minimum Gasteiger partial charge on any atom is -0.390 e. The zero-order valence-corrected chi connectivity index (χ0v) is 11.0. The predicted molar refractivity (Wildman–Crippen MR) is 71.5 cm³/mol. The van der Waals surface area contributed by atoms with E-state index in [0.717, 1.165) is 19.3 Å². The fourth-order valence-electron chi connectivity index (χ4n) is 3.63. The van der Waals surface area contributed by atoms with Gasteiger partial charge in [-0.2, -0.15) is 0 Å². The topological polar surface area (TPSA) is 29.5 Å². The first kappa shape index (κ1) is 12.2. The van der Waals surface area contributed by atoms with Gasteiger partial charge in [-0.25, -0.2) is 0 Å². The summed E-state index contributed by atoms with van der Waals surface area (Å²) in [6.07, 6.45) is 5.22. The largest absolute Gasteiger partial charge is 0.390 e. The molecule has 1 N–H and O–H groups in total. The number of benzene rings is 1. The van der Waals surface area contributed by atoms with Crippen LogP contribution in [-0.4, -0.2) is 23.9 Å². The molecule has 2 aliphatic carbocycles. The molecule has 2 nitrogen and oxygen atoms in total. The number of methoxy groups -OCH3 is 1. The highest BCUT2D eigenvalue weighted by atomic mass is 16.5. The zero-order valence-electron chi connectivity index (χ0n) is 11.0. The van der Waals surface area contributed by atoms with Gasteiger partial charge < -0.3 is 9.84 Å². The summed E-state index contributed by atoms with van der Waals surface area (Å²) in [6, 6.07) is 10.6. The van der Waals surface area contributed by atoms with Gasteiger partial charge >= 0.3 is 0 Å². The molecule has 0 amide bonds. The lowest BCUT2D eigenvalue weighted by molar-refractivity contribution is -0.107. The van der Waals surface area contributed by atoms with Crippen LogP contribution < -0.4 is 0 Å². The number of hydrogen-bond acceptors (Lipinski definition) is 2. The Morgan fingerprint density at radius 1 is 1.22 bits per heavy atom. The summed E-state index contributed by atoms with van der Waals surface area (Å²) in [5.41, 5.74) is 1.11. The zero-order chi connectivity index (χ0) is 12.6. The molecule has 3 unspecified atom stereocenters. The molecule has 0 heterocycles. The summed E-state index contributed by atoms with van der Waals surface area (Å²) in [4.78, 5) is 0. The van der Waals surface area contributed by atoms with Crippen LogP contribution in [-0.2, 0) is 4.74 Å². The lowest BCUT2D eigenvalue weighted by atomic mass is 9.89. The van der Waals surface area contributed by atoms with E-state index < -0.39 is 0 Å². The van der Waals surface area contributed by atoms with E-state index in [4.69, 9.17) is 4.74 Å². The van der Waals surface area contributed by atoms with Crippen molar-refractivity contribution in [3.63, 3.8) is 0 Å². The van der Waals surface area contributed by atoms with Gasteiger partial charge in [-0.15, -0.1) is 0 Å².